The van der Waals surface area contributed by atoms with Crippen LogP contribution in [-0.4, -0.2) is 32.7 Å². The van der Waals surface area contributed by atoms with Crippen molar-refractivity contribution in [1.29, 1.82) is 0 Å². The second-order valence-corrected chi connectivity index (χ2v) is 15.7. The van der Waals surface area contributed by atoms with Crippen molar-refractivity contribution in [3.63, 3.8) is 0 Å². The van der Waals surface area contributed by atoms with Crippen molar-refractivity contribution in [3.05, 3.63) is 35.9 Å². The van der Waals surface area contributed by atoms with Gasteiger partial charge in [0.25, 0.3) is 0 Å². The first-order chi connectivity index (χ1) is 14.2. The Bertz CT molecular complexity index is 790. The van der Waals surface area contributed by atoms with Crippen LogP contribution >= 0.6 is 0 Å². The predicted octanol–water partition coefficient (Wildman–Crippen LogP) is 6.87. The molecule has 174 valence electrons. The minimum Gasteiger partial charge on any atom is -0.487 e. The topological polar surface area (TPSA) is 56.8 Å². The zero-order valence-electron chi connectivity index (χ0n) is 20.7. The molecule has 1 N–H and O–H groups in total. The van der Waals surface area contributed by atoms with Gasteiger partial charge in [-0.2, -0.15) is 0 Å². The van der Waals surface area contributed by atoms with Gasteiger partial charge in [-0.3, -0.25) is 5.32 Å². The number of carbonyl (C=O) groups is 1. The van der Waals surface area contributed by atoms with Crippen LogP contribution < -0.4 is 10.1 Å². The highest BCUT2D eigenvalue weighted by molar-refractivity contribution is 6.74. The number of hydrogen-bond donors (Lipinski definition) is 1. The zero-order chi connectivity index (χ0) is 23.4. The summed E-state index contributed by atoms with van der Waals surface area (Å²) in [6.07, 6.45) is 4.86. The van der Waals surface area contributed by atoms with Crippen LogP contribution in [0.2, 0.25) is 18.1 Å². The Morgan fingerprint density at radius 1 is 1.26 bits per heavy atom. The average molecular weight is 448 g/mol. The van der Waals surface area contributed by atoms with E-state index >= 15 is 0 Å². The van der Waals surface area contributed by atoms with E-state index in [9.17, 15) is 4.79 Å². The van der Waals surface area contributed by atoms with Crippen LogP contribution in [0.5, 0.6) is 5.75 Å². The van der Waals surface area contributed by atoms with E-state index in [1.54, 1.807) is 0 Å². The number of benzene rings is 1. The highest BCUT2D eigenvalue weighted by atomic mass is 28.4. The second kappa shape index (κ2) is 9.78. The third-order valence-electron chi connectivity index (χ3n) is 6.03. The van der Waals surface area contributed by atoms with Crippen molar-refractivity contribution < 1.29 is 18.7 Å². The van der Waals surface area contributed by atoms with Gasteiger partial charge in [-0.15, -0.1) is 6.58 Å². The molecule has 0 radical (unpaired) electrons. The number of amides is 1. The van der Waals surface area contributed by atoms with Crippen LogP contribution in [-0.2, 0) is 22.0 Å². The van der Waals surface area contributed by atoms with E-state index < -0.39 is 20.0 Å². The lowest BCUT2D eigenvalue weighted by Crippen LogP contribution is -2.44. The van der Waals surface area contributed by atoms with Gasteiger partial charge >= 0.3 is 6.09 Å². The standard InChI is InChI=1S/C25H41NO4Si/c1-10-11-12-20-21(26-23(27)30-24(2,3)4)16-14-18-13-15-19(29-22(18)20)17-28-31(8,9)25(5,6)7/h10,14,16,19H,1,11-13,15,17H2,2-9H3,(H,26,27). The normalized spacial score (nSPS) is 16.8. The van der Waals surface area contributed by atoms with Crippen molar-refractivity contribution in [2.45, 2.75) is 97.1 Å². The molecule has 2 rings (SSSR count). The first kappa shape index (κ1) is 25.5. The van der Waals surface area contributed by atoms with E-state index in [1.807, 2.05) is 39.0 Å². The number of ether oxygens (including phenoxy) is 2. The van der Waals surface area contributed by atoms with Gasteiger partial charge in [0.15, 0.2) is 8.32 Å². The van der Waals surface area contributed by atoms with Crippen molar-refractivity contribution in [2.24, 2.45) is 0 Å². The Kier molecular flexibility index (Phi) is 8.03. The fraction of sp³-hybridized carbons (Fsp3) is 0.640. The number of nitrogens with one attached hydrogen (secondary N) is 1. The van der Waals surface area contributed by atoms with Gasteiger partial charge in [0.2, 0.25) is 0 Å². The predicted molar refractivity (Wildman–Crippen MR) is 131 cm³/mol. The Morgan fingerprint density at radius 3 is 2.52 bits per heavy atom. The molecule has 1 heterocycles. The molecule has 5 nitrogen and oxygen atoms in total. The highest BCUT2D eigenvalue weighted by Crippen LogP contribution is 2.39. The Morgan fingerprint density at radius 2 is 1.94 bits per heavy atom. The summed E-state index contributed by atoms with van der Waals surface area (Å²) in [6, 6.07) is 4.00. The van der Waals surface area contributed by atoms with E-state index in [0.717, 1.165) is 42.7 Å². The maximum absolute atomic E-state index is 12.4. The van der Waals surface area contributed by atoms with Crippen molar-refractivity contribution >= 4 is 20.1 Å². The van der Waals surface area contributed by atoms with E-state index in [1.165, 1.54) is 5.56 Å². The van der Waals surface area contributed by atoms with E-state index in [-0.39, 0.29) is 11.1 Å². The molecule has 1 amide bonds. The lowest BCUT2D eigenvalue weighted by atomic mass is 9.96. The van der Waals surface area contributed by atoms with Gasteiger partial charge in [0.1, 0.15) is 17.5 Å². The SMILES string of the molecule is C=CCCc1c(NC(=O)OC(C)(C)C)ccc2c1OC(CO[Si](C)(C)C(C)(C)C)CC2. The molecule has 1 aromatic rings. The summed E-state index contributed by atoms with van der Waals surface area (Å²) in [6.45, 7) is 21.3. The third-order valence-corrected chi connectivity index (χ3v) is 10.5. The molecular formula is C25H41NO4Si. The van der Waals surface area contributed by atoms with Gasteiger partial charge < -0.3 is 13.9 Å². The largest absolute Gasteiger partial charge is 0.487 e. The maximum Gasteiger partial charge on any atom is 0.412 e. The van der Waals surface area contributed by atoms with Gasteiger partial charge in [0, 0.05) is 5.56 Å². The molecule has 0 spiro atoms. The molecule has 31 heavy (non-hydrogen) atoms. The number of aryl methyl sites for hydroxylation is 1. The summed E-state index contributed by atoms with van der Waals surface area (Å²) in [5, 5.41) is 3.08. The Balaban J connectivity index is 2.23. The number of fused-ring (bicyclic) bond motifs is 1. The molecule has 0 saturated carbocycles. The first-order valence-corrected chi connectivity index (χ1v) is 14.2. The number of allylic oxidation sites excluding steroid dienone is 1. The molecule has 1 aliphatic rings. The molecule has 1 atom stereocenters. The summed E-state index contributed by atoms with van der Waals surface area (Å²) in [5.41, 5.74) is 2.36. The fourth-order valence-electron chi connectivity index (χ4n) is 3.22. The highest BCUT2D eigenvalue weighted by Gasteiger charge is 2.38. The van der Waals surface area contributed by atoms with Crippen LogP contribution in [0.4, 0.5) is 10.5 Å². The monoisotopic (exact) mass is 447 g/mol. The molecule has 6 heteroatoms. The molecular weight excluding hydrogens is 406 g/mol. The quantitative estimate of drug-likeness (QED) is 0.366. The summed E-state index contributed by atoms with van der Waals surface area (Å²) in [7, 11) is -1.84. The molecule has 0 saturated heterocycles. The van der Waals surface area contributed by atoms with Gasteiger partial charge in [-0.05, 0) is 76.2 Å². The van der Waals surface area contributed by atoms with Crippen LogP contribution in [0, 0.1) is 0 Å². The minimum atomic E-state index is -1.84. The zero-order valence-corrected chi connectivity index (χ0v) is 21.7. The molecule has 0 aromatic heterocycles. The smallest absolute Gasteiger partial charge is 0.412 e. The second-order valence-electron chi connectivity index (χ2n) is 10.9. The maximum atomic E-state index is 12.4. The van der Waals surface area contributed by atoms with Crippen molar-refractivity contribution in [2.75, 3.05) is 11.9 Å². The molecule has 0 aliphatic carbocycles. The average Bonchev–Trinajstić information content (AvgIpc) is 2.63. The van der Waals surface area contributed by atoms with Crippen LogP contribution in [0.25, 0.3) is 0 Å². The van der Waals surface area contributed by atoms with E-state index in [2.05, 4.69) is 45.8 Å². The minimum absolute atomic E-state index is 0.0147. The number of anilines is 1. The molecule has 1 aliphatic heterocycles. The van der Waals surface area contributed by atoms with Crippen LogP contribution in [0.15, 0.2) is 24.8 Å². The number of carbonyl (C=O) groups excluding carboxylic acids is 1. The molecule has 1 aromatic carbocycles. The number of hydrogen-bond acceptors (Lipinski definition) is 4. The van der Waals surface area contributed by atoms with Gasteiger partial charge in [-0.1, -0.05) is 32.9 Å². The van der Waals surface area contributed by atoms with E-state index in [4.69, 9.17) is 13.9 Å². The van der Waals surface area contributed by atoms with Crippen LogP contribution in [0.1, 0.15) is 65.5 Å². The first-order valence-electron chi connectivity index (χ1n) is 11.3. The van der Waals surface area contributed by atoms with Crippen molar-refractivity contribution in [3.8, 4) is 5.75 Å². The van der Waals surface area contributed by atoms with E-state index in [0.29, 0.717) is 6.61 Å². The summed E-state index contributed by atoms with van der Waals surface area (Å²) < 4.78 is 18.3. The Hall–Kier alpha value is -1.79. The molecule has 1 unspecified atom stereocenters. The fourth-order valence-corrected chi connectivity index (χ4v) is 4.26. The number of rotatable bonds is 7. The summed E-state index contributed by atoms with van der Waals surface area (Å²) >= 11 is 0. The summed E-state index contributed by atoms with van der Waals surface area (Å²) in [4.78, 5) is 12.4. The lowest BCUT2D eigenvalue weighted by Gasteiger charge is -2.38. The lowest BCUT2D eigenvalue weighted by molar-refractivity contribution is 0.0635. The summed E-state index contributed by atoms with van der Waals surface area (Å²) in [5.74, 6) is 0.880. The van der Waals surface area contributed by atoms with Gasteiger partial charge in [-0.25, -0.2) is 4.79 Å². The third kappa shape index (κ3) is 7.11. The van der Waals surface area contributed by atoms with Gasteiger partial charge in [0.05, 0.1) is 12.3 Å². The molecule has 0 bridgehead atoms. The van der Waals surface area contributed by atoms with Crippen molar-refractivity contribution in [1.82, 2.24) is 0 Å². The van der Waals surface area contributed by atoms with Crippen LogP contribution in [0.3, 0.4) is 0 Å². The Labute approximate surface area is 189 Å². The molecule has 0 fully saturated rings.